The zero-order valence-electron chi connectivity index (χ0n) is 7.45. The van der Waals surface area contributed by atoms with Crippen LogP contribution in [-0.4, -0.2) is 11.7 Å². The molecule has 0 heterocycles. The summed E-state index contributed by atoms with van der Waals surface area (Å²) in [7, 11) is 0. The van der Waals surface area contributed by atoms with E-state index in [1.165, 1.54) is 6.07 Å². The third-order valence-corrected chi connectivity index (χ3v) is 3.14. The molecule has 0 aliphatic carbocycles. The van der Waals surface area contributed by atoms with Gasteiger partial charge in [0.25, 0.3) is 0 Å². The Morgan fingerprint density at radius 3 is 2.07 bits per heavy atom. The largest absolute Gasteiger partial charge is 0.395 e. The van der Waals surface area contributed by atoms with Crippen LogP contribution in [0.15, 0.2) is 6.07 Å². The number of benzene rings is 1. The summed E-state index contributed by atoms with van der Waals surface area (Å²) in [6.45, 7) is -0.0173. The number of rotatable bonds is 1. The fourth-order valence-corrected chi connectivity index (χ4v) is 1.79. The van der Waals surface area contributed by atoms with E-state index in [4.69, 9.17) is 51.5 Å². The zero-order valence-corrected chi connectivity index (χ0v) is 10.5. The molecule has 0 unspecified atom stereocenters. The molecule has 1 nitrogen and oxygen atoms in total. The second kappa shape index (κ2) is 5.84. The maximum atomic E-state index is 8.57. The fraction of sp³-hybridized carbons (Fsp3) is 0.200. The predicted molar refractivity (Wildman–Crippen MR) is 65.1 cm³/mol. The van der Waals surface area contributed by atoms with Gasteiger partial charge in [-0.1, -0.05) is 58.2 Å². The van der Waals surface area contributed by atoms with Gasteiger partial charge in [0.15, 0.2) is 0 Å². The van der Waals surface area contributed by atoms with Gasteiger partial charge < -0.3 is 5.11 Å². The van der Waals surface area contributed by atoms with Crippen LogP contribution in [0.1, 0.15) is 12.0 Å². The first-order valence-corrected chi connectivity index (χ1v) is 5.51. The van der Waals surface area contributed by atoms with Gasteiger partial charge in [0.05, 0.1) is 32.3 Å². The summed E-state index contributed by atoms with van der Waals surface area (Å²) in [6.07, 6.45) is 0.344. The summed E-state index contributed by atoms with van der Waals surface area (Å²) in [5, 5.41) is 9.73. The van der Waals surface area contributed by atoms with Crippen molar-refractivity contribution in [2.24, 2.45) is 0 Å². The van der Waals surface area contributed by atoms with Gasteiger partial charge in [0.1, 0.15) is 0 Å². The number of halogens is 4. The van der Waals surface area contributed by atoms with E-state index < -0.39 is 0 Å². The van der Waals surface area contributed by atoms with Crippen molar-refractivity contribution in [2.45, 2.75) is 6.42 Å². The van der Waals surface area contributed by atoms with Crippen LogP contribution in [0.2, 0.25) is 20.1 Å². The number of hydrogen-bond donors (Lipinski definition) is 1. The highest BCUT2D eigenvalue weighted by molar-refractivity contribution is 6.48. The van der Waals surface area contributed by atoms with E-state index >= 15 is 0 Å². The molecule has 0 fully saturated rings. The molecule has 1 aromatic rings. The molecular weight excluding hydrogens is 278 g/mol. The van der Waals surface area contributed by atoms with Gasteiger partial charge in [-0.2, -0.15) is 0 Å². The minimum Gasteiger partial charge on any atom is -0.395 e. The van der Waals surface area contributed by atoms with Gasteiger partial charge in [0, 0.05) is 6.42 Å². The fourth-order valence-electron chi connectivity index (χ4n) is 0.890. The molecule has 0 aliphatic heterocycles. The molecule has 0 saturated carbocycles. The molecule has 1 rings (SSSR count). The van der Waals surface area contributed by atoms with Crippen LogP contribution in [0.5, 0.6) is 0 Å². The van der Waals surface area contributed by atoms with Crippen LogP contribution in [-0.2, 0) is 0 Å². The lowest BCUT2D eigenvalue weighted by Gasteiger charge is -2.04. The molecule has 0 radical (unpaired) electrons. The number of aliphatic hydroxyl groups excluding tert-OH is 1. The van der Waals surface area contributed by atoms with E-state index in [2.05, 4.69) is 11.8 Å². The molecule has 0 atom stereocenters. The summed E-state index contributed by atoms with van der Waals surface area (Å²) in [5.41, 5.74) is 0.393. The average molecular weight is 284 g/mol. The van der Waals surface area contributed by atoms with Gasteiger partial charge >= 0.3 is 0 Å². The van der Waals surface area contributed by atoms with Gasteiger partial charge in [-0.15, -0.1) is 0 Å². The summed E-state index contributed by atoms with van der Waals surface area (Å²) in [4.78, 5) is 0. The van der Waals surface area contributed by atoms with Crippen LogP contribution in [0, 0.1) is 11.8 Å². The molecule has 5 heteroatoms. The van der Waals surface area contributed by atoms with E-state index in [-0.39, 0.29) is 16.7 Å². The first-order chi connectivity index (χ1) is 7.07. The van der Waals surface area contributed by atoms with Crippen LogP contribution in [0.25, 0.3) is 0 Å². The first kappa shape index (κ1) is 13.0. The van der Waals surface area contributed by atoms with Gasteiger partial charge in [-0.25, -0.2) is 0 Å². The molecule has 80 valence electrons. The van der Waals surface area contributed by atoms with Crippen molar-refractivity contribution in [3.63, 3.8) is 0 Å². The Balaban J connectivity index is 3.23. The summed E-state index contributed by atoms with van der Waals surface area (Å²) in [5.74, 6) is 5.42. The Bertz CT molecular complexity index is 405. The second-order valence-electron chi connectivity index (χ2n) is 2.62. The molecule has 0 amide bonds. The Labute approximate surface area is 108 Å². The highest BCUT2D eigenvalue weighted by atomic mass is 35.5. The maximum absolute atomic E-state index is 8.57. The van der Waals surface area contributed by atoms with Crippen LogP contribution in [0.4, 0.5) is 0 Å². The summed E-state index contributed by atoms with van der Waals surface area (Å²) >= 11 is 23.4. The normalized spacial score (nSPS) is 9.67. The van der Waals surface area contributed by atoms with E-state index in [0.29, 0.717) is 22.0 Å². The van der Waals surface area contributed by atoms with E-state index in [1.807, 2.05) is 0 Å². The van der Waals surface area contributed by atoms with Gasteiger partial charge in [-0.05, 0) is 6.07 Å². The van der Waals surface area contributed by atoms with Crippen molar-refractivity contribution >= 4 is 46.4 Å². The predicted octanol–water partition coefficient (Wildman–Crippen LogP) is 4.03. The van der Waals surface area contributed by atoms with Gasteiger partial charge in [-0.3, -0.25) is 0 Å². The Morgan fingerprint density at radius 2 is 1.60 bits per heavy atom. The SMILES string of the molecule is OCCC#Cc1c(Cl)c(Cl)cc(Cl)c1Cl. The van der Waals surface area contributed by atoms with Crippen molar-refractivity contribution in [1.29, 1.82) is 0 Å². The zero-order chi connectivity index (χ0) is 11.4. The molecule has 15 heavy (non-hydrogen) atoms. The topological polar surface area (TPSA) is 20.2 Å². The smallest absolute Gasteiger partial charge is 0.0764 e. The van der Waals surface area contributed by atoms with Crippen molar-refractivity contribution < 1.29 is 5.11 Å². The standard InChI is InChI=1S/C10H6Cl4O/c11-7-5-8(12)10(14)6(9(7)13)3-1-2-4-15/h5,15H,2,4H2. The third kappa shape index (κ3) is 3.17. The molecule has 0 aromatic heterocycles. The van der Waals surface area contributed by atoms with Crippen molar-refractivity contribution in [3.05, 3.63) is 31.7 Å². The first-order valence-electron chi connectivity index (χ1n) is 4.00. The molecule has 0 spiro atoms. The van der Waals surface area contributed by atoms with E-state index in [1.54, 1.807) is 0 Å². The summed E-state index contributed by atoms with van der Waals surface area (Å²) in [6, 6.07) is 1.46. The Hall–Kier alpha value is -0.100. The molecule has 0 saturated heterocycles. The number of aliphatic hydroxyl groups is 1. The Kier molecular flexibility index (Phi) is 5.05. The minimum atomic E-state index is -0.0173. The average Bonchev–Trinajstić information content (AvgIpc) is 2.20. The monoisotopic (exact) mass is 282 g/mol. The van der Waals surface area contributed by atoms with E-state index in [9.17, 15) is 0 Å². The quantitative estimate of drug-likeness (QED) is 0.609. The van der Waals surface area contributed by atoms with Crippen LogP contribution < -0.4 is 0 Å². The highest BCUT2D eigenvalue weighted by Crippen LogP contribution is 2.36. The number of hydrogen-bond acceptors (Lipinski definition) is 1. The molecular formula is C10H6Cl4O. The maximum Gasteiger partial charge on any atom is 0.0764 e. The molecule has 0 aliphatic rings. The van der Waals surface area contributed by atoms with Gasteiger partial charge in [0.2, 0.25) is 0 Å². The van der Waals surface area contributed by atoms with E-state index in [0.717, 1.165) is 0 Å². The molecule has 1 N–H and O–H groups in total. The summed E-state index contributed by atoms with van der Waals surface area (Å²) < 4.78 is 0. The van der Waals surface area contributed by atoms with Crippen molar-refractivity contribution in [3.8, 4) is 11.8 Å². The lowest BCUT2D eigenvalue weighted by molar-refractivity contribution is 0.305. The third-order valence-electron chi connectivity index (χ3n) is 1.56. The van der Waals surface area contributed by atoms with Crippen molar-refractivity contribution in [2.75, 3.05) is 6.61 Å². The van der Waals surface area contributed by atoms with Crippen molar-refractivity contribution in [1.82, 2.24) is 0 Å². The Morgan fingerprint density at radius 1 is 1.07 bits per heavy atom. The minimum absolute atomic E-state index is 0.0173. The van der Waals surface area contributed by atoms with Crippen LogP contribution in [0.3, 0.4) is 0 Å². The molecule has 0 bridgehead atoms. The lowest BCUT2D eigenvalue weighted by atomic mass is 10.2. The molecule has 1 aromatic carbocycles. The van der Waals surface area contributed by atoms with Crippen LogP contribution >= 0.6 is 46.4 Å². The lowest BCUT2D eigenvalue weighted by Crippen LogP contribution is -1.84. The highest BCUT2D eigenvalue weighted by Gasteiger charge is 2.11. The second-order valence-corrected chi connectivity index (χ2v) is 4.19.